The van der Waals surface area contributed by atoms with Crippen LogP contribution in [0.5, 0.6) is 0 Å². The standard InChI is InChI=1S/C14H13FN2O2/c15-12-5-3-6-13(11(12)8-14(18)19)17-9-10-4-1-2-7-16-10/h1-7,17H,8-9H2,(H,18,19). The molecule has 0 radical (unpaired) electrons. The van der Waals surface area contributed by atoms with E-state index in [1.807, 2.05) is 18.2 Å². The van der Waals surface area contributed by atoms with Gasteiger partial charge < -0.3 is 10.4 Å². The van der Waals surface area contributed by atoms with Gasteiger partial charge in [-0.25, -0.2) is 4.39 Å². The second-order valence-electron chi connectivity index (χ2n) is 4.01. The van der Waals surface area contributed by atoms with Crippen LogP contribution >= 0.6 is 0 Å². The van der Waals surface area contributed by atoms with Crippen LogP contribution in [0.3, 0.4) is 0 Å². The summed E-state index contributed by atoms with van der Waals surface area (Å²) in [6, 6.07) is 9.95. The van der Waals surface area contributed by atoms with Gasteiger partial charge in [0, 0.05) is 17.4 Å². The zero-order chi connectivity index (χ0) is 13.7. The minimum absolute atomic E-state index is 0.158. The van der Waals surface area contributed by atoms with E-state index in [2.05, 4.69) is 10.3 Å². The summed E-state index contributed by atoms with van der Waals surface area (Å²) in [6.45, 7) is 0.414. The number of nitrogens with zero attached hydrogens (tertiary/aromatic N) is 1. The molecule has 0 unspecified atom stereocenters. The van der Waals surface area contributed by atoms with E-state index in [1.54, 1.807) is 18.3 Å². The highest BCUT2D eigenvalue weighted by Crippen LogP contribution is 2.20. The molecule has 0 amide bonds. The van der Waals surface area contributed by atoms with Gasteiger partial charge in [-0.05, 0) is 24.3 Å². The highest BCUT2D eigenvalue weighted by atomic mass is 19.1. The highest BCUT2D eigenvalue weighted by Gasteiger charge is 2.11. The number of halogens is 1. The minimum Gasteiger partial charge on any atom is -0.481 e. The zero-order valence-electron chi connectivity index (χ0n) is 10.1. The summed E-state index contributed by atoms with van der Waals surface area (Å²) in [6.07, 6.45) is 1.32. The zero-order valence-corrected chi connectivity index (χ0v) is 10.1. The smallest absolute Gasteiger partial charge is 0.308 e. The molecule has 2 N–H and O–H groups in total. The molecule has 19 heavy (non-hydrogen) atoms. The predicted molar refractivity (Wildman–Crippen MR) is 69.3 cm³/mol. The first kappa shape index (κ1) is 13.0. The molecule has 2 rings (SSSR count). The quantitative estimate of drug-likeness (QED) is 0.866. The van der Waals surface area contributed by atoms with E-state index in [4.69, 9.17) is 5.11 Å². The van der Waals surface area contributed by atoms with Gasteiger partial charge >= 0.3 is 5.97 Å². The molecule has 2 aromatic rings. The van der Waals surface area contributed by atoms with Gasteiger partial charge in [-0.1, -0.05) is 12.1 Å². The molecule has 0 spiro atoms. The number of hydrogen-bond acceptors (Lipinski definition) is 3. The van der Waals surface area contributed by atoms with E-state index in [1.165, 1.54) is 6.07 Å². The van der Waals surface area contributed by atoms with Crippen LogP contribution in [0.15, 0.2) is 42.6 Å². The van der Waals surface area contributed by atoms with Gasteiger partial charge in [0.1, 0.15) is 5.82 Å². The average molecular weight is 260 g/mol. The molecule has 0 saturated heterocycles. The lowest BCUT2D eigenvalue weighted by molar-refractivity contribution is -0.136. The number of carbonyl (C=O) groups is 1. The Morgan fingerprint density at radius 3 is 2.79 bits per heavy atom. The molecule has 0 atom stereocenters. The van der Waals surface area contributed by atoms with Crippen LogP contribution in [0.1, 0.15) is 11.3 Å². The second-order valence-corrected chi connectivity index (χ2v) is 4.01. The third-order valence-corrected chi connectivity index (χ3v) is 2.63. The Labute approximate surface area is 109 Å². The van der Waals surface area contributed by atoms with Crippen molar-refractivity contribution in [3.05, 3.63) is 59.7 Å². The maximum Gasteiger partial charge on any atom is 0.308 e. The molecule has 98 valence electrons. The van der Waals surface area contributed by atoms with Crippen molar-refractivity contribution in [2.24, 2.45) is 0 Å². The highest BCUT2D eigenvalue weighted by molar-refractivity contribution is 5.73. The summed E-state index contributed by atoms with van der Waals surface area (Å²) in [5.41, 5.74) is 1.44. The molecular weight excluding hydrogens is 247 g/mol. The van der Waals surface area contributed by atoms with Crippen LogP contribution in [0.2, 0.25) is 0 Å². The molecule has 0 aliphatic heterocycles. The van der Waals surface area contributed by atoms with E-state index in [9.17, 15) is 9.18 Å². The summed E-state index contributed by atoms with van der Waals surface area (Å²) in [5.74, 6) is -1.58. The Hall–Kier alpha value is -2.43. The van der Waals surface area contributed by atoms with Crippen molar-refractivity contribution in [2.45, 2.75) is 13.0 Å². The molecule has 4 nitrogen and oxygen atoms in total. The molecule has 0 bridgehead atoms. The Morgan fingerprint density at radius 1 is 1.26 bits per heavy atom. The number of anilines is 1. The number of carboxylic acids is 1. The fraction of sp³-hybridized carbons (Fsp3) is 0.143. The predicted octanol–water partition coefficient (Wildman–Crippen LogP) is 2.46. The fourth-order valence-corrected chi connectivity index (χ4v) is 1.74. The third kappa shape index (κ3) is 3.51. The number of rotatable bonds is 5. The molecule has 1 aromatic heterocycles. The van der Waals surface area contributed by atoms with Gasteiger partial charge in [0.25, 0.3) is 0 Å². The van der Waals surface area contributed by atoms with E-state index in [0.717, 1.165) is 5.69 Å². The van der Waals surface area contributed by atoms with E-state index in [0.29, 0.717) is 12.2 Å². The van der Waals surface area contributed by atoms with Crippen molar-refractivity contribution in [3.8, 4) is 0 Å². The summed E-state index contributed by atoms with van der Waals surface area (Å²) >= 11 is 0. The number of nitrogens with one attached hydrogen (secondary N) is 1. The number of pyridine rings is 1. The summed E-state index contributed by atoms with van der Waals surface area (Å²) < 4.78 is 13.6. The van der Waals surface area contributed by atoms with Gasteiger partial charge in [-0.3, -0.25) is 9.78 Å². The molecule has 0 fully saturated rings. The lowest BCUT2D eigenvalue weighted by Crippen LogP contribution is -2.09. The molecule has 0 aliphatic rings. The SMILES string of the molecule is O=C(O)Cc1c(F)cccc1NCc1ccccn1. The molecule has 5 heteroatoms. The largest absolute Gasteiger partial charge is 0.481 e. The van der Waals surface area contributed by atoms with E-state index < -0.39 is 11.8 Å². The van der Waals surface area contributed by atoms with Crippen LogP contribution in [0.25, 0.3) is 0 Å². The van der Waals surface area contributed by atoms with E-state index in [-0.39, 0.29) is 12.0 Å². The van der Waals surface area contributed by atoms with Gasteiger partial charge in [0.15, 0.2) is 0 Å². The summed E-state index contributed by atoms with van der Waals surface area (Å²) in [4.78, 5) is 14.9. The number of aromatic nitrogens is 1. The normalized spacial score (nSPS) is 10.2. The number of benzene rings is 1. The van der Waals surface area contributed by atoms with Crippen LogP contribution in [0.4, 0.5) is 10.1 Å². The van der Waals surface area contributed by atoms with Crippen molar-refractivity contribution >= 4 is 11.7 Å². The number of hydrogen-bond donors (Lipinski definition) is 2. The maximum atomic E-state index is 13.6. The van der Waals surface area contributed by atoms with Crippen molar-refractivity contribution in [3.63, 3.8) is 0 Å². The number of carboxylic acid groups (broad SMARTS) is 1. The number of aliphatic carboxylic acids is 1. The summed E-state index contributed by atoms with van der Waals surface area (Å²) in [7, 11) is 0. The monoisotopic (exact) mass is 260 g/mol. The average Bonchev–Trinajstić information content (AvgIpc) is 2.40. The van der Waals surface area contributed by atoms with Crippen LogP contribution in [0, 0.1) is 5.82 Å². The molecular formula is C14H13FN2O2. The summed E-state index contributed by atoms with van der Waals surface area (Å²) in [5, 5.41) is 11.8. The Morgan fingerprint density at radius 2 is 2.11 bits per heavy atom. The molecule has 1 aromatic carbocycles. The fourth-order valence-electron chi connectivity index (χ4n) is 1.74. The first-order valence-electron chi connectivity index (χ1n) is 5.80. The van der Waals surface area contributed by atoms with Crippen molar-refractivity contribution < 1.29 is 14.3 Å². The van der Waals surface area contributed by atoms with Crippen molar-refractivity contribution in [1.82, 2.24) is 4.98 Å². The lowest BCUT2D eigenvalue weighted by Gasteiger charge is -2.11. The first-order chi connectivity index (χ1) is 9.16. The molecule has 0 aliphatic carbocycles. The van der Waals surface area contributed by atoms with Crippen molar-refractivity contribution in [1.29, 1.82) is 0 Å². The first-order valence-corrected chi connectivity index (χ1v) is 5.80. The Kier molecular flexibility index (Phi) is 4.07. The van der Waals surface area contributed by atoms with Crippen LogP contribution in [-0.2, 0) is 17.8 Å². The maximum absolute atomic E-state index is 13.6. The van der Waals surface area contributed by atoms with Crippen LogP contribution in [-0.4, -0.2) is 16.1 Å². The molecule has 1 heterocycles. The van der Waals surface area contributed by atoms with E-state index >= 15 is 0 Å². The third-order valence-electron chi connectivity index (χ3n) is 2.63. The van der Waals surface area contributed by atoms with Crippen LogP contribution < -0.4 is 5.32 Å². The topological polar surface area (TPSA) is 62.2 Å². The Bertz CT molecular complexity index is 573. The minimum atomic E-state index is -1.06. The van der Waals surface area contributed by atoms with Gasteiger partial charge in [-0.15, -0.1) is 0 Å². The second kappa shape index (κ2) is 5.95. The lowest BCUT2D eigenvalue weighted by atomic mass is 10.1. The van der Waals surface area contributed by atoms with Gasteiger partial charge in [0.05, 0.1) is 18.7 Å². The van der Waals surface area contributed by atoms with Crippen molar-refractivity contribution in [2.75, 3.05) is 5.32 Å². The molecule has 0 saturated carbocycles. The van der Waals surface area contributed by atoms with Gasteiger partial charge in [-0.2, -0.15) is 0 Å². The van der Waals surface area contributed by atoms with Gasteiger partial charge in [0.2, 0.25) is 0 Å². The Balaban J connectivity index is 2.15.